The fourth-order valence-corrected chi connectivity index (χ4v) is 0.571. The van der Waals surface area contributed by atoms with Gasteiger partial charge in [-0.3, -0.25) is 0 Å². The minimum absolute atomic E-state index is 0. The van der Waals surface area contributed by atoms with E-state index in [1.54, 1.807) is 12.1 Å². The zero-order valence-electron chi connectivity index (χ0n) is 5.10. The maximum absolute atomic E-state index is 12.0. The van der Waals surface area contributed by atoms with Crippen molar-refractivity contribution in [2.24, 2.45) is 0 Å². The van der Waals surface area contributed by atoms with Gasteiger partial charge >= 0.3 is 18.9 Å². The summed E-state index contributed by atoms with van der Waals surface area (Å²) in [6, 6.07) is 5.82. The van der Waals surface area contributed by atoms with Gasteiger partial charge in [-0.25, -0.2) is 4.39 Å². The fourth-order valence-electron chi connectivity index (χ4n) is 0.435. The van der Waals surface area contributed by atoms with Crippen molar-refractivity contribution in [3.63, 3.8) is 0 Å². The van der Waals surface area contributed by atoms with Gasteiger partial charge in [-0.05, 0) is 12.1 Å². The average molecular weight is 134 g/mol. The van der Waals surface area contributed by atoms with E-state index >= 15 is 0 Å². The Morgan fingerprint density at radius 1 is 1.11 bits per heavy atom. The van der Waals surface area contributed by atoms with Crippen molar-refractivity contribution in [1.82, 2.24) is 0 Å². The predicted molar refractivity (Wildman–Crippen MR) is 32.0 cm³/mol. The SMILES string of the molecule is Fc1ccc([S-])cc1.[Li+]. The van der Waals surface area contributed by atoms with Crippen LogP contribution in [0.3, 0.4) is 0 Å². The Morgan fingerprint density at radius 2 is 1.56 bits per heavy atom. The van der Waals surface area contributed by atoms with E-state index in [0.717, 1.165) is 0 Å². The molecule has 0 N–H and O–H groups in total. The third-order valence-corrected chi connectivity index (χ3v) is 1.09. The fraction of sp³-hybridized carbons (Fsp3) is 0. The first kappa shape index (κ1) is 8.97. The molecule has 1 rings (SSSR count). The Morgan fingerprint density at radius 3 is 1.89 bits per heavy atom. The topological polar surface area (TPSA) is 0 Å². The molecule has 0 spiro atoms. The summed E-state index contributed by atoms with van der Waals surface area (Å²) in [6.45, 7) is 0. The molecule has 0 amide bonds. The van der Waals surface area contributed by atoms with Crippen LogP contribution in [-0.2, 0) is 12.6 Å². The molecule has 0 aliphatic carbocycles. The summed E-state index contributed by atoms with van der Waals surface area (Å²) in [5.41, 5.74) is 0. The smallest absolute Gasteiger partial charge is 0.780 e. The van der Waals surface area contributed by atoms with Crippen LogP contribution in [0.1, 0.15) is 0 Å². The maximum Gasteiger partial charge on any atom is 1.00 e. The largest absolute Gasteiger partial charge is 1.00 e. The second kappa shape index (κ2) is 3.89. The van der Waals surface area contributed by atoms with Gasteiger partial charge in [-0.1, -0.05) is 12.1 Å². The molecule has 0 unspecified atom stereocenters. The summed E-state index contributed by atoms with van der Waals surface area (Å²) >= 11 is 4.70. The number of benzene rings is 1. The van der Waals surface area contributed by atoms with Gasteiger partial charge in [0.1, 0.15) is 5.82 Å². The standard InChI is InChI=1S/C6H5FS.Li/c7-5-1-3-6(8)4-2-5;/h1-4,8H;/q;+1/p-1. The van der Waals surface area contributed by atoms with Crippen LogP contribution in [-0.4, -0.2) is 0 Å². The molecular formula is C6H4FLiS. The molecule has 0 aliphatic rings. The van der Waals surface area contributed by atoms with Crippen LogP contribution in [0.2, 0.25) is 0 Å². The minimum atomic E-state index is -0.237. The van der Waals surface area contributed by atoms with Crippen LogP contribution < -0.4 is 18.9 Å². The Balaban J connectivity index is 0.000000640. The van der Waals surface area contributed by atoms with Gasteiger partial charge in [-0.2, -0.15) is 4.90 Å². The molecule has 0 saturated carbocycles. The van der Waals surface area contributed by atoms with Gasteiger partial charge in [0.2, 0.25) is 0 Å². The number of rotatable bonds is 0. The second-order valence-electron chi connectivity index (χ2n) is 1.45. The molecule has 0 radical (unpaired) electrons. The van der Waals surface area contributed by atoms with Gasteiger partial charge in [0, 0.05) is 0 Å². The van der Waals surface area contributed by atoms with E-state index in [1.807, 2.05) is 0 Å². The van der Waals surface area contributed by atoms with Gasteiger partial charge in [0.25, 0.3) is 0 Å². The molecule has 1 aromatic rings. The average Bonchev–Trinajstić information content (AvgIpc) is 1.77. The van der Waals surface area contributed by atoms with Crippen LogP contribution in [0, 0.1) is 5.82 Å². The van der Waals surface area contributed by atoms with Crippen molar-refractivity contribution >= 4 is 12.6 Å². The normalized spacial score (nSPS) is 8.11. The van der Waals surface area contributed by atoms with Crippen LogP contribution in [0.15, 0.2) is 29.2 Å². The van der Waals surface area contributed by atoms with Crippen molar-refractivity contribution in [2.75, 3.05) is 0 Å². The first-order valence-corrected chi connectivity index (χ1v) is 2.62. The van der Waals surface area contributed by atoms with E-state index in [1.165, 1.54) is 12.1 Å². The molecule has 9 heavy (non-hydrogen) atoms. The zero-order valence-corrected chi connectivity index (χ0v) is 5.91. The van der Waals surface area contributed by atoms with E-state index in [9.17, 15) is 4.39 Å². The molecule has 42 valence electrons. The third-order valence-electron chi connectivity index (χ3n) is 0.814. The third kappa shape index (κ3) is 2.86. The van der Waals surface area contributed by atoms with Crippen molar-refractivity contribution in [3.05, 3.63) is 30.1 Å². The van der Waals surface area contributed by atoms with Crippen LogP contribution in [0.4, 0.5) is 4.39 Å². The molecular weight excluding hydrogens is 130 g/mol. The first-order chi connectivity index (χ1) is 3.79. The molecule has 0 nitrogen and oxygen atoms in total. The second-order valence-corrected chi connectivity index (χ2v) is 1.93. The summed E-state index contributed by atoms with van der Waals surface area (Å²) < 4.78 is 12.0. The number of hydrogen-bond donors (Lipinski definition) is 0. The Kier molecular flexibility index (Phi) is 3.88. The molecule has 0 atom stereocenters. The van der Waals surface area contributed by atoms with E-state index < -0.39 is 0 Å². The molecule has 0 fully saturated rings. The van der Waals surface area contributed by atoms with Crippen LogP contribution in [0.25, 0.3) is 0 Å². The van der Waals surface area contributed by atoms with Crippen molar-refractivity contribution in [2.45, 2.75) is 4.90 Å². The quantitative estimate of drug-likeness (QED) is 0.315. The summed E-state index contributed by atoms with van der Waals surface area (Å²) in [7, 11) is 0. The summed E-state index contributed by atoms with van der Waals surface area (Å²) in [5, 5.41) is 0. The summed E-state index contributed by atoms with van der Waals surface area (Å²) in [4.78, 5) is 0.673. The molecule has 0 aliphatic heterocycles. The number of halogens is 1. The van der Waals surface area contributed by atoms with E-state index in [2.05, 4.69) is 0 Å². The van der Waals surface area contributed by atoms with E-state index in [-0.39, 0.29) is 24.7 Å². The minimum Gasteiger partial charge on any atom is -0.780 e. The monoisotopic (exact) mass is 134 g/mol. The summed E-state index contributed by atoms with van der Waals surface area (Å²) in [6.07, 6.45) is 0. The van der Waals surface area contributed by atoms with Crippen LogP contribution >= 0.6 is 0 Å². The molecule has 0 bridgehead atoms. The molecule has 1 aromatic carbocycles. The van der Waals surface area contributed by atoms with Crippen LogP contribution in [0.5, 0.6) is 0 Å². The Labute approximate surface area is 71.0 Å². The Bertz CT molecular complexity index is 152. The Hall–Kier alpha value is -0.0326. The van der Waals surface area contributed by atoms with Gasteiger partial charge in [0.05, 0.1) is 0 Å². The van der Waals surface area contributed by atoms with Gasteiger partial charge in [-0.15, -0.1) is 0 Å². The maximum atomic E-state index is 12.0. The first-order valence-electron chi connectivity index (χ1n) is 2.21. The van der Waals surface area contributed by atoms with Crippen molar-refractivity contribution < 1.29 is 23.3 Å². The van der Waals surface area contributed by atoms with E-state index in [0.29, 0.717) is 4.90 Å². The molecule has 0 saturated heterocycles. The van der Waals surface area contributed by atoms with Crippen molar-refractivity contribution in [1.29, 1.82) is 0 Å². The van der Waals surface area contributed by atoms with E-state index in [4.69, 9.17) is 12.6 Å². The van der Waals surface area contributed by atoms with Crippen molar-refractivity contribution in [3.8, 4) is 0 Å². The van der Waals surface area contributed by atoms with Gasteiger partial charge in [0.15, 0.2) is 0 Å². The molecule has 0 aromatic heterocycles. The summed E-state index contributed by atoms with van der Waals surface area (Å²) in [5.74, 6) is -0.237. The number of hydrogen-bond acceptors (Lipinski definition) is 1. The molecule has 0 heterocycles. The zero-order chi connectivity index (χ0) is 5.98. The van der Waals surface area contributed by atoms with Gasteiger partial charge < -0.3 is 12.6 Å². The predicted octanol–water partition coefficient (Wildman–Crippen LogP) is -1.26. The molecule has 3 heteroatoms.